The lowest BCUT2D eigenvalue weighted by atomic mass is 10.0. The van der Waals surface area contributed by atoms with E-state index in [0.29, 0.717) is 5.56 Å². The fourth-order valence-electron chi connectivity index (χ4n) is 1.63. The lowest BCUT2D eigenvalue weighted by Crippen LogP contribution is -2.46. The fraction of sp³-hybridized carbons (Fsp3) is 0.385. The largest absolute Gasteiger partial charge is 0.481 e. The summed E-state index contributed by atoms with van der Waals surface area (Å²) in [5.41, 5.74) is -0.442. The first kappa shape index (κ1) is 14.9. The quantitative estimate of drug-likeness (QED) is 0.785. The average Bonchev–Trinajstić information content (AvgIpc) is 2.21. The molecular formula is C13H17FN2O3. The van der Waals surface area contributed by atoms with Crippen molar-refractivity contribution in [3.63, 3.8) is 0 Å². The molecule has 2 amide bonds. The highest BCUT2D eigenvalue weighted by Crippen LogP contribution is 2.17. The number of hydrogen-bond donors (Lipinski definition) is 3. The summed E-state index contributed by atoms with van der Waals surface area (Å²) in [5, 5.41) is 13.5. The van der Waals surface area contributed by atoms with Crippen molar-refractivity contribution >= 4 is 17.7 Å². The molecule has 19 heavy (non-hydrogen) atoms. The zero-order valence-corrected chi connectivity index (χ0v) is 11.1. The zero-order chi connectivity index (χ0) is 14.6. The van der Waals surface area contributed by atoms with E-state index in [1.165, 1.54) is 6.07 Å². The number of urea groups is 1. The van der Waals surface area contributed by atoms with Crippen LogP contribution in [0.1, 0.15) is 25.8 Å². The van der Waals surface area contributed by atoms with Gasteiger partial charge in [0, 0.05) is 5.54 Å². The Hall–Kier alpha value is -2.11. The average molecular weight is 268 g/mol. The lowest BCUT2D eigenvalue weighted by molar-refractivity contribution is -0.138. The number of hydrogen-bond acceptors (Lipinski definition) is 2. The number of anilines is 1. The van der Waals surface area contributed by atoms with Crippen LogP contribution >= 0.6 is 0 Å². The van der Waals surface area contributed by atoms with E-state index >= 15 is 0 Å². The SMILES string of the molecule is Cc1cccc(NC(=O)NC(C)(C)CC(=O)O)c1F. The summed E-state index contributed by atoms with van der Waals surface area (Å²) in [6, 6.07) is 4.01. The van der Waals surface area contributed by atoms with E-state index in [-0.39, 0.29) is 12.1 Å². The Bertz CT molecular complexity index is 501. The van der Waals surface area contributed by atoms with Gasteiger partial charge in [-0.05, 0) is 32.4 Å². The highest BCUT2D eigenvalue weighted by Gasteiger charge is 2.24. The number of carbonyl (C=O) groups is 2. The van der Waals surface area contributed by atoms with Gasteiger partial charge >= 0.3 is 12.0 Å². The summed E-state index contributed by atoms with van der Waals surface area (Å²) < 4.78 is 13.7. The number of carboxylic acid groups (broad SMARTS) is 1. The molecule has 3 N–H and O–H groups in total. The maximum absolute atomic E-state index is 13.7. The predicted molar refractivity (Wildman–Crippen MR) is 69.6 cm³/mol. The molecule has 0 saturated carbocycles. The maximum atomic E-state index is 13.7. The molecule has 5 nitrogen and oxygen atoms in total. The lowest BCUT2D eigenvalue weighted by Gasteiger charge is -2.24. The van der Waals surface area contributed by atoms with Gasteiger partial charge in [-0.1, -0.05) is 12.1 Å². The normalized spacial score (nSPS) is 10.9. The molecule has 104 valence electrons. The Morgan fingerprint density at radius 3 is 2.58 bits per heavy atom. The molecule has 0 atom stereocenters. The van der Waals surface area contributed by atoms with Gasteiger partial charge in [-0.2, -0.15) is 0 Å². The van der Waals surface area contributed by atoms with E-state index in [4.69, 9.17) is 5.11 Å². The van der Waals surface area contributed by atoms with Gasteiger partial charge in [0.15, 0.2) is 0 Å². The Morgan fingerprint density at radius 1 is 1.37 bits per heavy atom. The Balaban J connectivity index is 2.70. The van der Waals surface area contributed by atoms with E-state index in [1.54, 1.807) is 32.9 Å². The van der Waals surface area contributed by atoms with Crippen molar-refractivity contribution in [1.29, 1.82) is 0 Å². The van der Waals surface area contributed by atoms with Crippen LogP contribution in [0.2, 0.25) is 0 Å². The summed E-state index contributed by atoms with van der Waals surface area (Å²) >= 11 is 0. The van der Waals surface area contributed by atoms with Gasteiger partial charge in [0.25, 0.3) is 0 Å². The highest BCUT2D eigenvalue weighted by atomic mass is 19.1. The van der Waals surface area contributed by atoms with Crippen molar-refractivity contribution in [2.45, 2.75) is 32.7 Å². The third-order valence-electron chi connectivity index (χ3n) is 2.49. The molecule has 0 aromatic heterocycles. The first-order valence-electron chi connectivity index (χ1n) is 5.77. The molecule has 6 heteroatoms. The van der Waals surface area contributed by atoms with Gasteiger partial charge < -0.3 is 15.7 Å². The molecule has 1 rings (SSSR count). The topological polar surface area (TPSA) is 78.4 Å². The van der Waals surface area contributed by atoms with Gasteiger partial charge in [0.2, 0.25) is 0 Å². The first-order chi connectivity index (χ1) is 8.71. The molecule has 0 radical (unpaired) electrons. The van der Waals surface area contributed by atoms with Crippen LogP contribution in [0.3, 0.4) is 0 Å². The molecule has 1 aromatic rings. The van der Waals surface area contributed by atoms with E-state index < -0.39 is 23.4 Å². The van der Waals surface area contributed by atoms with Crippen LogP contribution in [0.4, 0.5) is 14.9 Å². The van der Waals surface area contributed by atoms with Crippen LogP contribution in [0, 0.1) is 12.7 Å². The molecule has 0 fully saturated rings. The Labute approximate surface area is 110 Å². The Morgan fingerprint density at radius 2 is 2.00 bits per heavy atom. The van der Waals surface area contributed by atoms with Crippen LogP contribution in [0.5, 0.6) is 0 Å². The van der Waals surface area contributed by atoms with E-state index in [1.807, 2.05) is 0 Å². The molecular weight excluding hydrogens is 251 g/mol. The number of benzene rings is 1. The molecule has 0 saturated heterocycles. The number of halogens is 1. The number of aryl methyl sites for hydroxylation is 1. The molecule has 0 bridgehead atoms. The molecule has 0 aliphatic heterocycles. The number of nitrogens with one attached hydrogen (secondary N) is 2. The monoisotopic (exact) mass is 268 g/mol. The van der Waals surface area contributed by atoms with Crippen LogP contribution in [0.15, 0.2) is 18.2 Å². The second-order valence-corrected chi connectivity index (χ2v) is 4.97. The van der Waals surface area contributed by atoms with Gasteiger partial charge in [-0.3, -0.25) is 4.79 Å². The van der Waals surface area contributed by atoms with Crippen molar-refractivity contribution in [1.82, 2.24) is 5.32 Å². The summed E-state index contributed by atoms with van der Waals surface area (Å²) in [7, 11) is 0. The second kappa shape index (κ2) is 5.69. The van der Waals surface area contributed by atoms with Gasteiger partial charge in [-0.25, -0.2) is 9.18 Å². The summed E-state index contributed by atoms with van der Waals surface area (Å²) in [6.45, 7) is 4.74. The summed E-state index contributed by atoms with van der Waals surface area (Å²) in [4.78, 5) is 22.3. The smallest absolute Gasteiger partial charge is 0.319 e. The molecule has 1 aromatic carbocycles. The number of rotatable bonds is 4. The van der Waals surface area contributed by atoms with Crippen molar-refractivity contribution in [3.8, 4) is 0 Å². The van der Waals surface area contributed by atoms with Crippen molar-refractivity contribution in [2.24, 2.45) is 0 Å². The number of aliphatic carboxylic acids is 1. The van der Waals surface area contributed by atoms with Crippen LogP contribution in [-0.2, 0) is 4.79 Å². The summed E-state index contributed by atoms with van der Waals surface area (Å²) in [5.74, 6) is -1.53. The second-order valence-electron chi connectivity index (χ2n) is 4.97. The Kier molecular flexibility index (Phi) is 4.47. The predicted octanol–water partition coefficient (Wildman–Crippen LogP) is 2.51. The molecule has 0 aliphatic rings. The highest BCUT2D eigenvalue weighted by molar-refractivity contribution is 5.90. The van der Waals surface area contributed by atoms with Crippen molar-refractivity contribution in [2.75, 3.05) is 5.32 Å². The standard InChI is InChI=1S/C13H17FN2O3/c1-8-5-4-6-9(11(8)14)15-12(19)16-13(2,3)7-10(17)18/h4-6H,7H2,1-3H3,(H,17,18)(H2,15,16,19). The molecule has 0 unspecified atom stereocenters. The van der Waals surface area contributed by atoms with E-state index in [9.17, 15) is 14.0 Å². The van der Waals surface area contributed by atoms with E-state index in [0.717, 1.165) is 0 Å². The van der Waals surface area contributed by atoms with Gasteiger partial charge in [0.1, 0.15) is 5.82 Å². The van der Waals surface area contributed by atoms with Crippen LogP contribution in [-0.4, -0.2) is 22.6 Å². The first-order valence-corrected chi connectivity index (χ1v) is 5.77. The van der Waals surface area contributed by atoms with Gasteiger partial charge in [0.05, 0.1) is 12.1 Å². The third-order valence-corrected chi connectivity index (χ3v) is 2.49. The number of carboxylic acids is 1. The van der Waals surface area contributed by atoms with Crippen LogP contribution < -0.4 is 10.6 Å². The minimum atomic E-state index is -1.02. The van der Waals surface area contributed by atoms with Crippen molar-refractivity contribution < 1.29 is 19.1 Å². The number of amides is 2. The maximum Gasteiger partial charge on any atom is 0.319 e. The number of carbonyl (C=O) groups excluding carboxylic acids is 1. The third kappa shape index (κ3) is 4.57. The summed E-state index contributed by atoms with van der Waals surface area (Å²) in [6.07, 6.45) is -0.225. The molecule has 0 heterocycles. The zero-order valence-electron chi connectivity index (χ0n) is 11.1. The molecule has 0 aliphatic carbocycles. The van der Waals surface area contributed by atoms with Crippen LogP contribution in [0.25, 0.3) is 0 Å². The van der Waals surface area contributed by atoms with Gasteiger partial charge in [-0.15, -0.1) is 0 Å². The fourth-order valence-corrected chi connectivity index (χ4v) is 1.63. The minimum Gasteiger partial charge on any atom is -0.481 e. The molecule has 0 spiro atoms. The van der Waals surface area contributed by atoms with Crippen molar-refractivity contribution in [3.05, 3.63) is 29.6 Å². The van der Waals surface area contributed by atoms with E-state index in [2.05, 4.69) is 10.6 Å². The minimum absolute atomic E-state index is 0.0589.